The minimum atomic E-state index is -0.674. The zero-order valence-electron chi connectivity index (χ0n) is 11.2. The van der Waals surface area contributed by atoms with Gasteiger partial charge in [-0.2, -0.15) is 0 Å². The van der Waals surface area contributed by atoms with Crippen LogP contribution in [0.5, 0.6) is 0 Å². The second-order valence-corrected chi connectivity index (χ2v) is 5.20. The third kappa shape index (κ3) is 2.60. The fourth-order valence-corrected chi connectivity index (χ4v) is 2.76. The highest BCUT2D eigenvalue weighted by Gasteiger charge is 2.23. The molecule has 0 amide bonds. The monoisotopic (exact) mass is 293 g/mol. The van der Waals surface area contributed by atoms with E-state index in [1.54, 1.807) is 13.0 Å². The molecule has 0 fully saturated rings. The summed E-state index contributed by atoms with van der Waals surface area (Å²) in [4.78, 5) is 27.6. The van der Waals surface area contributed by atoms with E-state index in [4.69, 9.17) is 0 Å². The Bertz CT molecular complexity index is 694. The third-order valence-electron chi connectivity index (χ3n) is 2.76. The van der Waals surface area contributed by atoms with Gasteiger partial charge in [-0.3, -0.25) is 4.79 Å². The Hall–Kier alpha value is -2.08. The van der Waals surface area contributed by atoms with Crippen LogP contribution < -0.4 is 0 Å². The fourth-order valence-electron chi connectivity index (χ4n) is 1.73. The van der Waals surface area contributed by atoms with Gasteiger partial charge in [0, 0.05) is 12.5 Å². The van der Waals surface area contributed by atoms with Crippen molar-refractivity contribution in [1.82, 2.24) is 4.98 Å². The summed E-state index contributed by atoms with van der Waals surface area (Å²) in [6.07, 6.45) is 0. The second-order valence-electron chi connectivity index (χ2n) is 4.20. The first-order chi connectivity index (χ1) is 9.43. The Morgan fingerprint density at radius 1 is 1.35 bits per heavy atom. The molecule has 0 saturated heterocycles. The maximum absolute atomic E-state index is 13.3. The Kier molecular flexibility index (Phi) is 3.94. The van der Waals surface area contributed by atoms with Crippen molar-refractivity contribution in [1.29, 1.82) is 0 Å². The van der Waals surface area contributed by atoms with Gasteiger partial charge in [-0.1, -0.05) is 6.07 Å². The fraction of sp³-hybridized carbons (Fsp3) is 0.214. The number of benzene rings is 1. The minimum absolute atomic E-state index is 0.0244. The lowest BCUT2D eigenvalue weighted by Gasteiger charge is -2.01. The first-order valence-corrected chi connectivity index (χ1v) is 6.62. The Balaban J connectivity index is 2.61. The second kappa shape index (κ2) is 5.50. The molecule has 2 rings (SSSR count). The predicted molar refractivity (Wildman–Crippen MR) is 73.6 cm³/mol. The molecule has 0 N–H and O–H groups in total. The van der Waals surface area contributed by atoms with Gasteiger partial charge in [-0.25, -0.2) is 14.2 Å². The summed E-state index contributed by atoms with van der Waals surface area (Å²) in [5, 5.41) is 0.424. The normalized spacial score (nSPS) is 10.4. The number of halogens is 1. The SMILES string of the molecule is COC(=O)c1nc(-c2cc(F)ccc2C)sc1C(C)=O. The number of nitrogens with zero attached hydrogens (tertiary/aromatic N) is 1. The van der Waals surface area contributed by atoms with E-state index < -0.39 is 11.8 Å². The number of methoxy groups -OCH3 is 1. The van der Waals surface area contributed by atoms with Crippen molar-refractivity contribution in [2.24, 2.45) is 0 Å². The number of rotatable bonds is 3. The molecular formula is C14H12FNO3S. The molecule has 6 heteroatoms. The molecule has 4 nitrogen and oxygen atoms in total. The van der Waals surface area contributed by atoms with E-state index in [0.717, 1.165) is 16.9 Å². The summed E-state index contributed by atoms with van der Waals surface area (Å²) in [6.45, 7) is 3.16. The van der Waals surface area contributed by atoms with Crippen molar-refractivity contribution in [3.63, 3.8) is 0 Å². The van der Waals surface area contributed by atoms with Gasteiger partial charge in [0.05, 0.1) is 7.11 Å². The molecule has 0 spiro atoms. The number of ether oxygens (including phenoxy) is 1. The van der Waals surface area contributed by atoms with Crippen LogP contribution in [0.2, 0.25) is 0 Å². The number of esters is 1. The van der Waals surface area contributed by atoms with Crippen molar-refractivity contribution < 1.29 is 18.7 Å². The van der Waals surface area contributed by atoms with Crippen LogP contribution in [0.3, 0.4) is 0 Å². The topological polar surface area (TPSA) is 56.3 Å². The molecule has 1 aromatic carbocycles. The third-order valence-corrected chi connectivity index (χ3v) is 3.95. The molecule has 20 heavy (non-hydrogen) atoms. The van der Waals surface area contributed by atoms with Crippen LogP contribution >= 0.6 is 11.3 Å². The standard InChI is InChI=1S/C14H12FNO3S/c1-7-4-5-9(15)6-10(7)13-16-11(14(18)19-3)12(20-13)8(2)17/h4-6H,1-3H3. The molecule has 0 saturated carbocycles. The Labute approximate surface area is 119 Å². The van der Waals surface area contributed by atoms with Crippen molar-refractivity contribution in [3.8, 4) is 10.6 Å². The zero-order chi connectivity index (χ0) is 14.9. The van der Waals surface area contributed by atoms with Crippen molar-refractivity contribution >= 4 is 23.1 Å². The minimum Gasteiger partial charge on any atom is -0.464 e. The average molecular weight is 293 g/mol. The van der Waals surface area contributed by atoms with Crippen molar-refractivity contribution in [2.75, 3.05) is 7.11 Å². The highest BCUT2D eigenvalue weighted by atomic mass is 32.1. The highest BCUT2D eigenvalue weighted by molar-refractivity contribution is 7.17. The van der Waals surface area contributed by atoms with Gasteiger partial charge in [0.2, 0.25) is 0 Å². The van der Waals surface area contributed by atoms with E-state index in [0.29, 0.717) is 10.6 Å². The van der Waals surface area contributed by atoms with Crippen LogP contribution in [0.25, 0.3) is 10.6 Å². The zero-order valence-corrected chi connectivity index (χ0v) is 12.0. The molecule has 0 radical (unpaired) electrons. The highest BCUT2D eigenvalue weighted by Crippen LogP contribution is 2.31. The number of aryl methyl sites for hydroxylation is 1. The largest absolute Gasteiger partial charge is 0.464 e. The molecule has 1 heterocycles. The first kappa shape index (κ1) is 14.3. The molecule has 0 aliphatic rings. The molecule has 1 aromatic heterocycles. The molecule has 0 aliphatic carbocycles. The predicted octanol–water partition coefficient (Wildman–Crippen LogP) is 3.25. The van der Waals surface area contributed by atoms with Gasteiger partial charge in [0.1, 0.15) is 15.7 Å². The van der Waals surface area contributed by atoms with E-state index in [1.165, 1.54) is 26.2 Å². The lowest BCUT2D eigenvalue weighted by molar-refractivity contribution is 0.0591. The Morgan fingerprint density at radius 3 is 2.65 bits per heavy atom. The number of carbonyl (C=O) groups excluding carboxylic acids is 2. The number of thiazole rings is 1. The molecule has 0 unspecified atom stereocenters. The van der Waals surface area contributed by atoms with Gasteiger partial charge >= 0.3 is 5.97 Å². The molecule has 0 bridgehead atoms. The summed E-state index contributed by atoms with van der Waals surface area (Å²) in [7, 11) is 1.22. The van der Waals surface area contributed by atoms with Gasteiger partial charge in [-0.05, 0) is 24.6 Å². The summed E-state index contributed by atoms with van der Waals surface area (Å²) in [5.74, 6) is -1.35. The van der Waals surface area contributed by atoms with Gasteiger partial charge in [0.25, 0.3) is 0 Å². The summed E-state index contributed by atoms with van der Waals surface area (Å²) < 4.78 is 18.0. The number of carbonyl (C=O) groups is 2. The van der Waals surface area contributed by atoms with Crippen LogP contribution in [0.15, 0.2) is 18.2 Å². The van der Waals surface area contributed by atoms with Crippen molar-refractivity contribution in [3.05, 3.63) is 40.2 Å². The van der Waals surface area contributed by atoms with Crippen LogP contribution in [-0.4, -0.2) is 23.8 Å². The molecular weight excluding hydrogens is 281 g/mol. The number of aromatic nitrogens is 1. The van der Waals surface area contributed by atoms with Gasteiger partial charge < -0.3 is 4.74 Å². The average Bonchev–Trinajstić information content (AvgIpc) is 2.85. The summed E-state index contributed by atoms with van der Waals surface area (Å²) in [6, 6.07) is 4.30. The van der Waals surface area contributed by atoms with Crippen LogP contribution in [-0.2, 0) is 4.74 Å². The first-order valence-electron chi connectivity index (χ1n) is 5.80. The quantitative estimate of drug-likeness (QED) is 0.644. The Morgan fingerprint density at radius 2 is 2.05 bits per heavy atom. The van der Waals surface area contributed by atoms with E-state index >= 15 is 0 Å². The van der Waals surface area contributed by atoms with Crippen LogP contribution in [0, 0.1) is 12.7 Å². The molecule has 2 aromatic rings. The van der Waals surface area contributed by atoms with Crippen LogP contribution in [0.4, 0.5) is 4.39 Å². The van der Waals surface area contributed by atoms with E-state index in [-0.39, 0.29) is 16.4 Å². The number of hydrogen-bond acceptors (Lipinski definition) is 5. The lowest BCUT2D eigenvalue weighted by Crippen LogP contribution is -2.06. The van der Waals surface area contributed by atoms with Crippen LogP contribution in [0.1, 0.15) is 32.6 Å². The summed E-state index contributed by atoms with van der Waals surface area (Å²) >= 11 is 1.06. The van der Waals surface area contributed by atoms with E-state index in [2.05, 4.69) is 9.72 Å². The van der Waals surface area contributed by atoms with E-state index in [1.807, 2.05) is 0 Å². The lowest BCUT2D eigenvalue weighted by atomic mass is 10.1. The molecule has 0 atom stereocenters. The molecule has 0 aliphatic heterocycles. The number of hydrogen-bond donors (Lipinski definition) is 0. The number of Topliss-reactive ketones (excluding diaryl/α,β-unsaturated/α-hetero) is 1. The number of ketones is 1. The maximum atomic E-state index is 13.3. The van der Waals surface area contributed by atoms with Crippen molar-refractivity contribution in [2.45, 2.75) is 13.8 Å². The maximum Gasteiger partial charge on any atom is 0.358 e. The smallest absolute Gasteiger partial charge is 0.358 e. The van der Waals surface area contributed by atoms with E-state index in [9.17, 15) is 14.0 Å². The van der Waals surface area contributed by atoms with Gasteiger partial charge in [-0.15, -0.1) is 11.3 Å². The molecule has 104 valence electrons. The summed E-state index contributed by atoms with van der Waals surface area (Å²) in [5.41, 5.74) is 1.35. The van der Waals surface area contributed by atoms with Gasteiger partial charge in [0.15, 0.2) is 11.5 Å².